The highest BCUT2D eigenvalue weighted by Crippen LogP contribution is 2.30. The van der Waals surface area contributed by atoms with E-state index in [0.717, 1.165) is 47.7 Å². The summed E-state index contributed by atoms with van der Waals surface area (Å²) < 4.78 is 2.37. The lowest BCUT2D eigenvalue weighted by atomic mass is 10.0. The fraction of sp³-hybridized carbons (Fsp3) is 0.364. The van der Waals surface area contributed by atoms with Crippen LogP contribution in [0.2, 0.25) is 0 Å². The molecular formula is C22H25N3OS. The molecule has 4 rings (SSSR count). The first-order valence-electron chi connectivity index (χ1n) is 9.46. The van der Waals surface area contributed by atoms with Crippen LogP contribution in [0.25, 0.3) is 11.0 Å². The summed E-state index contributed by atoms with van der Waals surface area (Å²) in [5.74, 6) is 1.22. The second-order valence-corrected chi connectivity index (χ2v) is 8.09. The molecule has 5 heteroatoms. The number of carbonyl (C=O) groups is 1. The minimum atomic E-state index is 0.154. The quantitative estimate of drug-likeness (QED) is 0.611. The van der Waals surface area contributed by atoms with E-state index in [-0.39, 0.29) is 5.91 Å². The second kappa shape index (κ2) is 7.39. The van der Waals surface area contributed by atoms with Crippen LogP contribution in [0.4, 0.5) is 0 Å². The van der Waals surface area contributed by atoms with E-state index < -0.39 is 0 Å². The number of imidazole rings is 1. The van der Waals surface area contributed by atoms with E-state index in [1.165, 1.54) is 11.1 Å². The Kier molecular flexibility index (Phi) is 4.96. The molecule has 1 amide bonds. The third-order valence-electron chi connectivity index (χ3n) is 5.48. The van der Waals surface area contributed by atoms with Gasteiger partial charge in [-0.05, 0) is 62.8 Å². The lowest BCUT2D eigenvalue weighted by molar-refractivity contribution is 0.0692. The van der Waals surface area contributed by atoms with Crippen LogP contribution >= 0.6 is 11.8 Å². The Balaban J connectivity index is 1.54. The Morgan fingerprint density at radius 2 is 1.85 bits per heavy atom. The van der Waals surface area contributed by atoms with Gasteiger partial charge in [0.1, 0.15) is 5.82 Å². The van der Waals surface area contributed by atoms with Crippen LogP contribution in [-0.2, 0) is 0 Å². The number of aromatic nitrogens is 2. The van der Waals surface area contributed by atoms with E-state index in [9.17, 15) is 4.79 Å². The Morgan fingerprint density at radius 1 is 1.11 bits per heavy atom. The van der Waals surface area contributed by atoms with Crippen molar-refractivity contribution >= 4 is 28.7 Å². The highest BCUT2D eigenvalue weighted by Gasteiger charge is 2.27. The van der Waals surface area contributed by atoms with Crippen molar-refractivity contribution in [1.82, 2.24) is 14.5 Å². The highest BCUT2D eigenvalue weighted by molar-refractivity contribution is 7.98. The van der Waals surface area contributed by atoms with Gasteiger partial charge in [-0.3, -0.25) is 4.79 Å². The normalized spacial score (nSPS) is 15.4. The molecule has 1 aromatic heterocycles. The smallest absolute Gasteiger partial charge is 0.254 e. The van der Waals surface area contributed by atoms with Crippen LogP contribution in [0, 0.1) is 13.8 Å². The molecule has 0 saturated carbocycles. The molecule has 27 heavy (non-hydrogen) atoms. The molecule has 1 fully saturated rings. The zero-order chi connectivity index (χ0) is 19.0. The van der Waals surface area contributed by atoms with Gasteiger partial charge in [0.15, 0.2) is 0 Å². The summed E-state index contributed by atoms with van der Waals surface area (Å²) in [6.45, 7) is 5.78. The van der Waals surface area contributed by atoms with Crippen LogP contribution in [0.3, 0.4) is 0 Å². The van der Waals surface area contributed by atoms with Gasteiger partial charge < -0.3 is 9.47 Å². The summed E-state index contributed by atoms with van der Waals surface area (Å²) in [5, 5.41) is 0. The van der Waals surface area contributed by atoms with Crippen molar-refractivity contribution in [3.63, 3.8) is 0 Å². The van der Waals surface area contributed by atoms with Gasteiger partial charge in [-0.25, -0.2) is 4.98 Å². The summed E-state index contributed by atoms with van der Waals surface area (Å²) in [6, 6.07) is 14.7. The molecule has 3 aromatic rings. The zero-order valence-electron chi connectivity index (χ0n) is 16.1. The number of amides is 1. The predicted octanol–water partition coefficient (Wildman–Crippen LogP) is 4.85. The standard InChI is InChI=1S/C22H25N3OS/c1-15-8-9-19-20(14-15)25(16(2)23-19)17-10-12-24(13-11-17)22(26)18-6-4-5-7-21(18)27-3/h4-9,14,17H,10-13H2,1-3H3. The van der Waals surface area contributed by atoms with Gasteiger partial charge in [0.25, 0.3) is 5.91 Å². The number of hydrogen-bond donors (Lipinski definition) is 0. The van der Waals surface area contributed by atoms with Gasteiger partial charge >= 0.3 is 0 Å². The summed E-state index contributed by atoms with van der Waals surface area (Å²) in [4.78, 5) is 20.8. The number of benzene rings is 2. The van der Waals surface area contributed by atoms with Crippen LogP contribution in [0.1, 0.15) is 40.6 Å². The molecule has 1 aliphatic heterocycles. The Labute approximate surface area is 164 Å². The van der Waals surface area contributed by atoms with Crippen molar-refractivity contribution in [2.24, 2.45) is 0 Å². The van der Waals surface area contributed by atoms with Gasteiger partial charge in [0.2, 0.25) is 0 Å². The number of aryl methyl sites for hydroxylation is 2. The lowest BCUT2D eigenvalue weighted by Gasteiger charge is -2.33. The molecule has 0 N–H and O–H groups in total. The third-order valence-corrected chi connectivity index (χ3v) is 6.27. The maximum Gasteiger partial charge on any atom is 0.254 e. The number of nitrogens with zero attached hydrogens (tertiary/aromatic N) is 3. The summed E-state index contributed by atoms with van der Waals surface area (Å²) in [6.07, 6.45) is 3.95. The van der Waals surface area contributed by atoms with Crippen LogP contribution in [0.5, 0.6) is 0 Å². The van der Waals surface area contributed by atoms with Crippen molar-refractivity contribution in [2.75, 3.05) is 19.3 Å². The first-order valence-corrected chi connectivity index (χ1v) is 10.7. The minimum absolute atomic E-state index is 0.154. The van der Waals surface area contributed by atoms with E-state index >= 15 is 0 Å². The second-order valence-electron chi connectivity index (χ2n) is 7.24. The molecule has 0 bridgehead atoms. The molecule has 1 saturated heterocycles. The van der Waals surface area contributed by atoms with Crippen LogP contribution < -0.4 is 0 Å². The first kappa shape index (κ1) is 18.1. The lowest BCUT2D eigenvalue weighted by Crippen LogP contribution is -2.39. The topological polar surface area (TPSA) is 38.1 Å². The van der Waals surface area contributed by atoms with Crippen LogP contribution in [-0.4, -0.2) is 39.7 Å². The number of thioether (sulfide) groups is 1. The van der Waals surface area contributed by atoms with E-state index in [1.54, 1.807) is 11.8 Å². The van der Waals surface area contributed by atoms with E-state index in [0.29, 0.717) is 6.04 Å². The maximum absolute atomic E-state index is 13.0. The zero-order valence-corrected chi connectivity index (χ0v) is 16.9. The average molecular weight is 380 g/mol. The number of hydrogen-bond acceptors (Lipinski definition) is 3. The molecule has 0 unspecified atom stereocenters. The Morgan fingerprint density at radius 3 is 2.59 bits per heavy atom. The van der Waals surface area contributed by atoms with Gasteiger partial charge in [-0.1, -0.05) is 18.2 Å². The fourth-order valence-corrected chi connectivity index (χ4v) is 4.69. The van der Waals surface area contributed by atoms with Crippen molar-refractivity contribution < 1.29 is 4.79 Å². The summed E-state index contributed by atoms with van der Waals surface area (Å²) >= 11 is 1.63. The number of piperidine rings is 1. The van der Waals surface area contributed by atoms with Gasteiger partial charge in [-0.15, -0.1) is 11.8 Å². The average Bonchev–Trinajstić information content (AvgIpc) is 3.02. The molecule has 0 aliphatic carbocycles. The monoisotopic (exact) mass is 379 g/mol. The van der Waals surface area contributed by atoms with Crippen molar-refractivity contribution in [1.29, 1.82) is 0 Å². The third kappa shape index (κ3) is 3.36. The number of likely N-dealkylation sites (tertiary alicyclic amines) is 1. The SMILES string of the molecule is CSc1ccccc1C(=O)N1CCC(n2c(C)nc3ccc(C)cc32)CC1. The molecular weight excluding hydrogens is 354 g/mol. The molecule has 140 valence electrons. The molecule has 2 heterocycles. The van der Waals surface area contributed by atoms with E-state index in [1.807, 2.05) is 35.4 Å². The molecule has 1 aliphatic rings. The number of rotatable bonds is 3. The summed E-state index contributed by atoms with van der Waals surface area (Å²) in [5.41, 5.74) is 4.35. The predicted molar refractivity (Wildman–Crippen MR) is 112 cm³/mol. The molecule has 0 spiro atoms. The van der Waals surface area contributed by atoms with Crippen molar-refractivity contribution in [3.05, 3.63) is 59.4 Å². The van der Waals surface area contributed by atoms with Gasteiger partial charge in [0.05, 0.1) is 16.6 Å². The van der Waals surface area contributed by atoms with Crippen LogP contribution in [0.15, 0.2) is 47.4 Å². The maximum atomic E-state index is 13.0. The molecule has 0 atom stereocenters. The Bertz CT molecular complexity index is 986. The number of fused-ring (bicyclic) bond motifs is 1. The fourth-order valence-electron chi connectivity index (χ4n) is 4.10. The first-order chi connectivity index (χ1) is 13.1. The summed E-state index contributed by atoms with van der Waals surface area (Å²) in [7, 11) is 0. The van der Waals surface area contributed by atoms with Gasteiger partial charge in [-0.2, -0.15) is 0 Å². The molecule has 2 aromatic carbocycles. The Hall–Kier alpha value is -2.27. The van der Waals surface area contributed by atoms with E-state index in [4.69, 9.17) is 4.98 Å². The van der Waals surface area contributed by atoms with E-state index in [2.05, 4.69) is 36.6 Å². The molecule has 4 nitrogen and oxygen atoms in total. The largest absolute Gasteiger partial charge is 0.338 e. The molecule has 0 radical (unpaired) electrons. The highest BCUT2D eigenvalue weighted by atomic mass is 32.2. The van der Waals surface area contributed by atoms with Gasteiger partial charge in [0, 0.05) is 24.0 Å². The number of carbonyl (C=O) groups excluding carboxylic acids is 1. The minimum Gasteiger partial charge on any atom is -0.338 e. The van der Waals surface area contributed by atoms with Crippen molar-refractivity contribution in [2.45, 2.75) is 37.6 Å². The van der Waals surface area contributed by atoms with Crippen molar-refractivity contribution in [3.8, 4) is 0 Å².